The highest BCUT2D eigenvalue weighted by Gasteiger charge is 2.51. The van der Waals surface area contributed by atoms with Crippen molar-refractivity contribution in [1.82, 2.24) is 0 Å². The second-order valence-electron chi connectivity index (χ2n) is 8.83. The third-order valence-electron chi connectivity index (χ3n) is 5.66. The molecule has 8 heteroatoms. The van der Waals surface area contributed by atoms with E-state index >= 15 is 0 Å². The number of rotatable bonds is 4. The minimum absolute atomic E-state index is 0.00153. The monoisotopic (exact) mass is 388 g/mol. The second kappa shape index (κ2) is 6.91. The second-order valence-corrected chi connectivity index (χ2v) is 15.6. The van der Waals surface area contributed by atoms with Crippen molar-refractivity contribution in [2.24, 2.45) is 17.8 Å². The third kappa shape index (κ3) is 4.97. The number of alkyl halides is 3. The molecule has 0 aromatic heterocycles. The molecule has 0 N–H and O–H groups in total. The fourth-order valence-electron chi connectivity index (χ4n) is 3.02. The van der Waals surface area contributed by atoms with Crippen molar-refractivity contribution in [2.75, 3.05) is 0 Å². The summed E-state index contributed by atoms with van der Waals surface area (Å²) in [4.78, 5) is 0. The molecule has 0 bridgehead atoms. The van der Waals surface area contributed by atoms with Crippen LogP contribution in [0.2, 0.25) is 18.1 Å². The molecule has 24 heavy (non-hydrogen) atoms. The normalized spacial score (nSPS) is 27.5. The number of halogens is 3. The van der Waals surface area contributed by atoms with Crippen LogP contribution in [0.5, 0.6) is 0 Å². The van der Waals surface area contributed by atoms with Gasteiger partial charge >= 0.3 is 6.18 Å². The lowest BCUT2D eigenvalue weighted by atomic mass is 9.76. The lowest BCUT2D eigenvalue weighted by molar-refractivity contribution is -0.184. The molecule has 0 aromatic rings. The molecule has 0 aromatic carbocycles. The fourth-order valence-corrected chi connectivity index (χ4v) is 8.19. The van der Waals surface area contributed by atoms with Crippen LogP contribution in [0.25, 0.3) is 0 Å². The zero-order valence-electron chi connectivity index (χ0n) is 15.7. The summed E-state index contributed by atoms with van der Waals surface area (Å²) in [7, 11) is -6.68. The Hall–Kier alpha value is -0.0831. The van der Waals surface area contributed by atoms with Gasteiger partial charge in [-0.1, -0.05) is 34.6 Å². The summed E-state index contributed by atoms with van der Waals surface area (Å²) in [5, 5.41) is -1.40. The molecule has 1 saturated carbocycles. The maximum absolute atomic E-state index is 13.1. The molecular formula is C16H31F3O3SSi. The van der Waals surface area contributed by atoms with Gasteiger partial charge in [-0.05, 0) is 49.2 Å². The first-order chi connectivity index (χ1) is 10.5. The van der Waals surface area contributed by atoms with Gasteiger partial charge in [0.25, 0.3) is 10.1 Å². The molecule has 0 saturated heterocycles. The van der Waals surface area contributed by atoms with E-state index in [-0.39, 0.29) is 36.1 Å². The molecule has 1 fully saturated rings. The van der Waals surface area contributed by atoms with E-state index in [0.29, 0.717) is 0 Å². The first-order valence-electron chi connectivity index (χ1n) is 8.50. The van der Waals surface area contributed by atoms with Gasteiger partial charge in [-0.15, -0.1) is 0 Å². The van der Waals surface area contributed by atoms with Gasteiger partial charge in [-0.3, -0.25) is 0 Å². The molecule has 144 valence electrons. The van der Waals surface area contributed by atoms with Crippen LogP contribution in [-0.2, 0) is 14.0 Å². The molecule has 0 radical (unpaired) electrons. The van der Waals surface area contributed by atoms with Crippen molar-refractivity contribution >= 4 is 18.4 Å². The van der Waals surface area contributed by atoms with E-state index in [2.05, 4.69) is 0 Å². The van der Waals surface area contributed by atoms with E-state index in [0.717, 1.165) is 0 Å². The first-order valence-corrected chi connectivity index (χ1v) is 12.9. The summed E-state index contributed by atoms with van der Waals surface area (Å²) in [6.45, 7) is 13.1. The average Bonchev–Trinajstić information content (AvgIpc) is 2.34. The Morgan fingerprint density at radius 3 is 1.96 bits per heavy atom. The van der Waals surface area contributed by atoms with Crippen molar-refractivity contribution in [2.45, 2.75) is 83.4 Å². The van der Waals surface area contributed by atoms with Gasteiger partial charge in [-0.2, -0.15) is 13.2 Å². The molecule has 3 unspecified atom stereocenters. The van der Waals surface area contributed by atoms with Gasteiger partial charge in [0, 0.05) is 0 Å². The molecule has 0 amide bonds. The molecule has 0 aliphatic heterocycles. The van der Waals surface area contributed by atoms with E-state index in [1.165, 1.54) is 0 Å². The van der Waals surface area contributed by atoms with Crippen molar-refractivity contribution in [3.05, 3.63) is 0 Å². The highest BCUT2D eigenvalue weighted by Crippen LogP contribution is 2.46. The van der Waals surface area contributed by atoms with Crippen LogP contribution in [0.3, 0.4) is 0 Å². The zero-order valence-corrected chi connectivity index (χ0v) is 17.5. The maximum atomic E-state index is 13.1. The standard InChI is InChI=1S/C16H31F3O3SSi/c1-11(2)13-9-8-12(16(17,18)19)10-14(13)23(20,21)22-24(6,7)15(3,4)5/h11-14H,8-10H2,1-7H3. The smallest absolute Gasteiger partial charge is 0.314 e. The highest BCUT2D eigenvalue weighted by molar-refractivity contribution is 7.88. The van der Waals surface area contributed by atoms with Crippen molar-refractivity contribution in [1.29, 1.82) is 0 Å². The average molecular weight is 389 g/mol. The number of hydrogen-bond donors (Lipinski definition) is 0. The molecule has 0 spiro atoms. The Morgan fingerprint density at radius 1 is 1.08 bits per heavy atom. The molecule has 1 aliphatic carbocycles. The van der Waals surface area contributed by atoms with Gasteiger partial charge < -0.3 is 3.87 Å². The molecule has 1 aliphatic rings. The van der Waals surface area contributed by atoms with E-state index in [1.54, 1.807) is 13.1 Å². The van der Waals surface area contributed by atoms with Crippen LogP contribution in [0.15, 0.2) is 0 Å². The molecule has 3 nitrogen and oxygen atoms in total. The lowest BCUT2D eigenvalue weighted by Crippen LogP contribution is -2.49. The largest absolute Gasteiger partial charge is 0.391 e. The molecule has 0 heterocycles. The summed E-state index contributed by atoms with van der Waals surface area (Å²) in [5.41, 5.74) is 0. The Kier molecular flexibility index (Phi) is 6.32. The summed E-state index contributed by atoms with van der Waals surface area (Å²) in [5.74, 6) is -1.85. The van der Waals surface area contributed by atoms with E-state index in [9.17, 15) is 21.6 Å². The molecule has 3 atom stereocenters. The molecular weight excluding hydrogens is 357 g/mol. The third-order valence-corrected chi connectivity index (χ3v) is 13.2. The van der Waals surface area contributed by atoms with E-state index in [1.807, 2.05) is 34.6 Å². The van der Waals surface area contributed by atoms with Gasteiger partial charge in [0.2, 0.25) is 8.32 Å². The summed E-state index contributed by atoms with van der Waals surface area (Å²) in [6.07, 6.45) is -4.47. The van der Waals surface area contributed by atoms with Gasteiger partial charge in [0.15, 0.2) is 0 Å². The summed E-state index contributed by atoms with van der Waals surface area (Å²) < 4.78 is 70.8. The SMILES string of the molecule is CC(C)C1CCC(C(F)(F)F)CC1S(=O)(=O)O[Si](C)(C)C(C)(C)C. The predicted molar refractivity (Wildman–Crippen MR) is 92.7 cm³/mol. The van der Waals surface area contributed by atoms with Crippen molar-refractivity contribution in [3.8, 4) is 0 Å². The molecule has 1 rings (SSSR count). The Balaban J connectivity index is 3.15. The van der Waals surface area contributed by atoms with Gasteiger partial charge in [0.05, 0.1) is 11.2 Å². The maximum Gasteiger partial charge on any atom is 0.391 e. The van der Waals surface area contributed by atoms with Crippen LogP contribution >= 0.6 is 0 Å². The Labute approximate surface area is 145 Å². The zero-order chi connectivity index (χ0) is 19.1. The van der Waals surface area contributed by atoms with Gasteiger partial charge in [0.1, 0.15) is 0 Å². The van der Waals surface area contributed by atoms with Gasteiger partial charge in [-0.25, -0.2) is 8.42 Å². The minimum atomic E-state index is -4.35. The fraction of sp³-hybridized carbons (Fsp3) is 1.00. The van der Waals surface area contributed by atoms with E-state index < -0.39 is 35.8 Å². The van der Waals surface area contributed by atoms with Crippen LogP contribution in [-0.4, -0.2) is 28.2 Å². The Morgan fingerprint density at radius 2 is 1.58 bits per heavy atom. The van der Waals surface area contributed by atoms with Crippen LogP contribution in [0.4, 0.5) is 13.2 Å². The van der Waals surface area contributed by atoms with Crippen LogP contribution in [0.1, 0.15) is 53.9 Å². The lowest BCUT2D eigenvalue weighted by Gasteiger charge is -2.41. The van der Waals surface area contributed by atoms with Crippen molar-refractivity contribution < 1.29 is 25.5 Å². The Bertz CT molecular complexity index is 536. The predicted octanol–water partition coefficient (Wildman–Crippen LogP) is 5.34. The number of hydrogen-bond acceptors (Lipinski definition) is 3. The minimum Gasteiger partial charge on any atom is -0.314 e. The summed E-state index contributed by atoms with van der Waals surface area (Å²) >= 11 is 0. The van der Waals surface area contributed by atoms with E-state index in [4.69, 9.17) is 3.87 Å². The highest BCUT2D eigenvalue weighted by atomic mass is 32.2. The van der Waals surface area contributed by atoms with Crippen LogP contribution < -0.4 is 0 Å². The quantitative estimate of drug-likeness (QED) is 0.611. The van der Waals surface area contributed by atoms with Crippen molar-refractivity contribution in [3.63, 3.8) is 0 Å². The van der Waals surface area contributed by atoms with Crippen LogP contribution in [0, 0.1) is 17.8 Å². The summed E-state index contributed by atoms with van der Waals surface area (Å²) in [6, 6.07) is 0. The topological polar surface area (TPSA) is 43.4 Å². The first kappa shape index (κ1) is 22.0.